The van der Waals surface area contributed by atoms with Crippen molar-refractivity contribution in [3.8, 4) is 0 Å². The Bertz CT molecular complexity index is 434. The maximum absolute atomic E-state index is 12.3. The lowest BCUT2D eigenvalue weighted by Crippen LogP contribution is -2.50. The van der Waals surface area contributed by atoms with Crippen molar-refractivity contribution < 1.29 is 4.79 Å². The lowest BCUT2D eigenvalue weighted by Gasteiger charge is -2.40. The summed E-state index contributed by atoms with van der Waals surface area (Å²) < 4.78 is 0. The molecule has 2 heteroatoms. The van der Waals surface area contributed by atoms with E-state index in [9.17, 15) is 4.79 Å². The largest absolute Gasteiger partial charge is 0.298 e. The van der Waals surface area contributed by atoms with Gasteiger partial charge in [-0.25, -0.2) is 0 Å². The highest BCUT2D eigenvalue weighted by atomic mass is 16.1. The zero-order valence-corrected chi connectivity index (χ0v) is 11.6. The molecule has 1 aliphatic carbocycles. The van der Waals surface area contributed by atoms with Crippen molar-refractivity contribution in [3.05, 3.63) is 35.9 Å². The van der Waals surface area contributed by atoms with Gasteiger partial charge >= 0.3 is 0 Å². The Morgan fingerprint density at radius 2 is 1.79 bits per heavy atom. The van der Waals surface area contributed by atoms with Crippen LogP contribution >= 0.6 is 0 Å². The number of carbonyl (C=O) groups excluding carboxylic acids is 1. The fourth-order valence-electron chi connectivity index (χ4n) is 3.83. The molecular weight excluding hydrogens is 234 g/mol. The summed E-state index contributed by atoms with van der Waals surface area (Å²) in [7, 11) is 0. The summed E-state index contributed by atoms with van der Waals surface area (Å²) in [6.07, 6.45) is 7.80. The number of likely N-dealkylation sites (tertiary alicyclic amines) is 1. The van der Waals surface area contributed by atoms with Crippen LogP contribution in [0.4, 0.5) is 0 Å². The van der Waals surface area contributed by atoms with Gasteiger partial charge < -0.3 is 0 Å². The Morgan fingerprint density at radius 3 is 2.53 bits per heavy atom. The van der Waals surface area contributed by atoms with E-state index >= 15 is 0 Å². The molecule has 1 saturated carbocycles. The second kappa shape index (κ2) is 5.46. The molecule has 0 aromatic heterocycles. The number of ketones is 1. The van der Waals surface area contributed by atoms with Gasteiger partial charge in [0.25, 0.3) is 0 Å². The summed E-state index contributed by atoms with van der Waals surface area (Å²) >= 11 is 0. The molecule has 0 N–H and O–H groups in total. The summed E-state index contributed by atoms with van der Waals surface area (Å²) in [5.41, 5.74) is 1.31. The lowest BCUT2D eigenvalue weighted by molar-refractivity contribution is -0.126. The van der Waals surface area contributed by atoms with Gasteiger partial charge in [-0.3, -0.25) is 9.69 Å². The quantitative estimate of drug-likeness (QED) is 0.828. The summed E-state index contributed by atoms with van der Waals surface area (Å²) in [5.74, 6) is 0.514. The van der Waals surface area contributed by atoms with E-state index in [-0.39, 0.29) is 5.54 Å². The third-order valence-electron chi connectivity index (χ3n) is 4.93. The highest BCUT2D eigenvalue weighted by Crippen LogP contribution is 2.39. The SMILES string of the molecule is O=C1CCN(CCc2ccccc2)C12CCCCC2. The van der Waals surface area contributed by atoms with E-state index in [0.717, 1.165) is 38.8 Å². The molecule has 2 aliphatic rings. The third-order valence-corrected chi connectivity index (χ3v) is 4.93. The molecule has 102 valence electrons. The monoisotopic (exact) mass is 257 g/mol. The summed E-state index contributed by atoms with van der Waals surface area (Å²) in [5, 5.41) is 0. The van der Waals surface area contributed by atoms with Gasteiger partial charge in [-0.05, 0) is 24.8 Å². The Kier molecular flexibility index (Phi) is 3.69. The van der Waals surface area contributed by atoms with E-state index in [4.69, 9.17) is 0 Å². The highest BCUT2D eigenvalue weighted by Gasteiger charge is 2.47. The molecule has 1 saturated heterocycles. The Morgan fingerprint density at radius 1 is 1.05 bits per heavy atom. The molecular formula is C17H23NO. The van der Waals surface area contributed by atoms with E-state index < -0.39 is 0 Å². The van der Waals surface area contributed by atoms with Crippen molar-refractivity contribution in [2.24, 2.45) is 0 Å². The van der Waals surface area contributed by atoms with Gasteiger partial charge in [-0.15, -0.1) is 0 Å². The Labute approximate surface area is 115 Å². The van der Waals surface area contributed by atoms with Crippen molar-refractivity contribution in [1.29, 1.82) is 0 Å². The summed E-state index contributed by atoms with van der Waals surface area (Å²) in [6, 6.07) is 10.6. The van der Waals surface area contributed by atoms with Crippen molar-refractivity contribution in [2.75, 3.05) is 13.1 Å². The molecule has 0 atom stereocenters. The van der Waals surface area contributed by atoms with Crippen LogP contribution in [0.1, 0.15) is 44.1 Å². The first kappa shape index (κ1) is 12.9. The fourth-order valence-corrected chi connectivity index (χ4v) is 3.83. The molecule has 1 heterocycles. The zero-order chi connectivity index (χ0) is 13.1. The first-order chi connectivity index (χ1) is 9.31. The van der Waals surface area contributed by atoms with Gasteiger partial charge in [-0.1, -0.05) is 49.6 Å². The number of nitrogens with zero attached hydrogens (tertiary/aromatic N) is 1. The minimum atomic E-state index is -0.0764. The van der Waals surface area contributed by atoms with Crippen LogP contribution in [0.5, 0.6) is 0 Å². The molecule has 0 radical (unpaired) electrons. The van der Waals surface area contributed by atoms with E-state index in [1.165, 1.54) is 24.8 Å². The van der Waals surface area contributed by atoms with Crippen molar-refractivity contribution in [3.63, 3.8) is 0 Å². The molecule has 3 rings (SSSR count). The van der Waals surface area contributed by atoms with Crippen LogP contribution in [0, 0.1) is 0 Å². The van der Waals surface area contributed by atoms with Crippen LogP contribution in [-0.2, 0) is 11.2 Å². The minimum absolute atomic E-state index is 0.0764. The Hall–Kier alpha value is -1.15. The molecule has 2 fully saturated rings. The third kappa shape index (κ3) is 2.46. The average Bonchev–Trinajstić information content (AvgIpc) is 2.76. The van der Waals surface area contributed by atoms with E-state index in [1.807, 2.05) is 0 Å². The van der Waals surface area contributed by atoms with Crippen LogP contribution in [-0.4, -0.2) is 29.3 Å². The van der Waals surface area contributed by atoms with Crippen LogP contribution in [0.15, 0.2) is 30.3 Å². The van der Waals surface area contributed by atoms with E-state index in [0.29, 0.717) is 5.78 Å². The van der Waals surface area contributed by atoms with Gasteiger partial charge in [0, 0.05) is 19.5 Å². The van der Waals surface area contributed by atoms with Gasteiger partial charge in [0.05, 0.1) is 5.54 Å². The highest BCUT2D eigenvalue weighted by molar-refractivity contribution is 5.90. The smallest absolute Gasteiger partial charge is 0.154 e. The van der Waals surface area contributed by atoms with Crippen molar-refractivity contribution in [2.45, 2.75) is 50.5 Å². The van der Waals surface area contributed by atoms with Crippen LogP contribution in [0.3, 0.4) is 0 Å². The second-order valence-electron chi connectivity index (χ2n) is 5.99. The molecule has 1 spiro atoms. The van der Waals surface area contributed by atoms with Gasteiger partial charge in [0.2, 0.25) is 0 Å². The summed E-state index contributed by atoms with van der Waals surface area (Å²) in [6.45, 7) is 2.02. The molecule has 1 aromatic carbocycles. The first-order valence-corrected chi connectivity index (χ1v) is 7.64. The molecule has 0 amide bonds. The molecule has 0 unspecified atom stereocenters. The maximum atomic E-state index is 12.3. The number of benzene rings is 1. The molecule has 2 nitrogen and oxygen atoms in total. The number of carbonyl (C=O) groups is 1. The minimum Gasteiger partial charge on any atom is -0.298 e. The number of hydrogen-bond acceptors (Lipinski definition) is 2. The number of rotatable bonds is 3. The first-order valence-electron chi connectivity index (χ1n) is 7.64. The van der Waals surface area contributed by atoms with Crippen LogP contribution in [0.25, 0.3) is 0 Å². The topological polar surface area (TPSA) is 20.3 Å². The lowest BCUT2D eigenvalue weighted by atomic mass is 9.79. The van der Waals surface area contributed by atoms with E-state index in [1.54, 1.807) is 0 Å². The molecule has 19 heavy (non-hydrogen) atoms. The standard InChI is InChI=1S/C17H23NO/c19-16-10-14-18(17(16)11-5-2-6-12-17)13-9-15-7-3-1-4-8-15/h1,3-4,7-8H,2,5-6,9-14H2. The predicted octanol–water partition coefficient (Wildman–Crippen LogP) is 3.21. The molecule has 1 aliphatic heterocycles. The Balaban J connectivity index is 1.68. The van der Waals surface area contributed by atoms with E-state index in [2.05, 4.69) is 35.2 Å². The number of hydrogen-bond donors (Lipinski definition) is 0. The second-order valence-corrected chi connectivity index (χ2v) is 5.99. The zero-order valence-electron chi connectivity index (χ0n) is 11.6. The fraction of sp³-hybridized carbons (Fsp3) is 0.588. The van der Waals surface area contributed by atoms with Crippen LogP contribution in [0.2, 0.25) is 0 Å². The normalized spacial score (nSPS) is 23.1. The van der Waals surface area contributed by atoms with Crippen molar-refractivity contribution >= 4 is 5.78 Å². The van der Waals surface area contributed by atoms with Crippen LogP contribution < -0.4 is 0 Å². The number of Topliss-reactive ketones (excluding diaryl/α,β-unsaturated/α-hetero) is 1. The predicted molar refractivity (Wildman–Crippen MR) is 77.2 cm³/mol. The van der Waals surface area contributed by atoms with Gasteiger partial charge in [-0.2, -0.15) is 0 Å². The average molecular weight is 257 g/mol. The van der Waals surface area contributed by atoms with Gasteiger partial charge in [0.15, 0.2) is 5.78 Å². The maximum Gasteiger partial charge on any atom is 0.154 e. The summed E-state index contributed by atoms with van der Waals surface area (Å²) in [4.78, 5) is 14.8. The molecule has 0 bridgehead atoms. The van der Waals surface area contributed by atoms with Crippen molar-refractivity contribution in [1.82, 2.24) is 4.90 Å². The van der Waals surface area contributed by atoms with Gasteiger partial charge in [0.1, 0.15) is 0 Å². The molecule has 1 aromatic rings.